The van der Waals surface area contributed by atoms with E-state index in [-0.39, 0.29) is 12.2 Å². The number of aryl methyl sites for hydroxylation is 1. The number of aliphatic imine (C=N–C) groups is 1. The van der Waals surface area contributed by atoms with Gasteiger partial charge in [0.1, 0.15) is 5.82 Å². The summed E-state index contributed by atoms with van der Waals surface area (Å²) in [6, 6.07) is 0. The van der Waals surface area contributed by atoms with Crippen LogP contribution in [0.4, 0.5) is 13.2 Å². The molecule has 1 aliphatic rings. The van der Waals surface area contributed by atoms with Gasteiger partial charge in [0, 0.05) is 36.5 Å². The Hall–Kier alpha value is -3.13. The highest BCUT2D eigenvalue weighted by Gasteiger charge is 2.26. The van der Waals surface area contributed by atoms with E-state index in [9.17, 15) is 13.2 Å². The monoisotopic (exact) mass is 473 g/mol. The smallest absolute Gasteiger partial charge is 0.305 e. The second kappa shape index (κ2) is 12.8. The molecule has 0 radical (unpaired) electrons. The van der Waals surface area contributed by atoms with Crippen molar-refractivity contribution < 1.29 is 13.2 Å². The molecule has 0 unspecified atom stereocenters. The average molecular weight is 474 g/mol. The summed E-state index contributed by atoms with van der Waals surface area (Å²) in [6.07, 6.45) is 11.2. The third-order valence-corrected chi connectivity index (χ3v) is 5.40. The van der Waals surface area contributed by atoms with E-state index >= 15 is 0 Å². The van der Waals surface area contributed by atoms with Crippen molar-refractivity contribution in [3.8, 4) is 0 Å². The lowest BCUT2D eigenvalue weighted by atomic mass is 10.2. The number of hydrazine groups is 1. The standard InChI is InChI=1S/C24H26F3N5S/c1-18(9-8-10-20-15-30-22(31-16-20)13-14-24(25,26)27)32(28)17-23(29-3)33-19(2)21-11-6-4-5-7-12-21/h4,6-9,11-12,15-16H,1-2,10,13-14,17,28H2,3H3/b9-8-,29-23?. The number of allylic oxidation sites excluding steroid dienone is 7. The van der Waals surface area contributed by atoms with Gasteiger partial charge in [0.05, 0.1) is 18.0 Å². The normalized spacial score (nSPS) is 13.8. The van der Waals surface area contributed by atoms with Gasteiger partial charge in [-0.05, 0) is 41.9 Å². The molecule has 1 heterocycles. The fourth-order valence-corrected chi connectivity index (χ4v) is 3.37. The highest BCUT2D eigenvalue weighted by Crippen LogP contribution is 2.26. The Bertz CT molecular complexity index is 1030. The van der Waals surface area contributed by atoms with E-state index < -0.39 is 12.6 Å². The summed E-state index contributed by atoms with van der Waals surface area (Å²) in [7, 11) is 1.69. The molecule has 0 spiro atoms. The summed E-state index contributed by atoms with van der Waals surface area (Å²) in [6.45, 7) is 8.43. The van der Waals surface area contributed by atoms with Crippen molar-refractivity contribution in [2.45, 2.75) is 25.4 Å². The van der Waals surface area contributed by atoms with E-state index in [2.05, 4.69) is 33.8 Å². The fraction of sp³-hybridized carbons (Fsp3) is 0.250. The lowest BCUT2D eigenvalue weighted by molar-refractivity contribution is -0.134. The van der Waals surface area contributed by atoms with Crippen LogP contribution in [0, 0.1) is 0 Å². The number of nitrogens with zero attached hydrogens (tertiary/aromatic N) is 4. The molecule has 33 heavy (non-hydrogen) atoms. The SMILES string of the molecule is C=C(SC(CN(N)C(=C)/C=C\Cc1cnc(CCC(F)(F)F)nc1)=NC)C1=CC=C=CC=C1. The zero-order valence-electron chi connectivity index (χ0n) is 18.3. The molecule has 0 saturated heterocycles. The second-order valence-corrected chi connectivity index (χ2v) is 8.14. The van der Waals surface area contributed by atoms with Crippen molar-refractivity contribution in [3.63, 3.8) is 0 Å². The molecule has 0 fully saturated rings. The molecule has 0 aromatic carbocycles. The van der Waals surface area contributed by atoms with Gasteiger partial charge in [-0.1, -0.05) is 43.1 Å². The Morgan fingerprint density at radius 2 is 2.00 bits per heavy atom. The van der Waals surface area contributed by atoms with Gasteiger partial charge in [0.15, 0.2) is 0 Å². The molecule has 1 aromatic heterocycles. The zero-order chi connectivity index (χ0) is 24.3. The van der Waals surface area contributed by atoms with Crippen molar-refractivity contribution in [3.05, 3.63) is 101 Å². The molecular formula is C24H26F3N5S. The lowest BCUT2D eigenvalue weighted by Gasteiger charge is -2.20. The third-order valence-electron chi connectivity index (χ3n) is 4.37. The van der Waals surface area contributed by atoms with E-state index in [1.165, 1.54) is 29.2 Å². The molecule has 0 bridgehead atoms. The van der Waals surface area contributed by atoms with Crippen molar-refractivity contribution >= 4 is 16.8 Å². The number of hydrogen-bond acceptors (Lipinski definition) is 6. The van der Waals surface area contributed by atoms with Crippen molar-refractivity contribution in [2.75, 3.05) is 13.6 Å². The molecule has 174 valence electrons. The number of nitrogens with two attached hydrogens (primary N) is 1. The number of aromatic nitrogens is 2. The summed E-state index contributed by atoms with van der Waals surface area (Å²) in [5.74, 6) is 6.30. The Kier molecular flexibility index (Phi) is 10.1. The number of hydrogen-bond donors (Lipinski definition) is 1. The van der Waals surface area contributed by atoms with Crippen LogP contribution in [0.3, 0.4) is 0 Å². The Labute approximate surface area is 196 Å². The molecule has 2 N–H and O–H groups in total. The van der Waals surface area contributed by atoms with Crippen molar-refractivity contribution in [1.29, 1.82) is 0 Å². The van der Waals surface area contributed by atoms with Gasteiger partial charge in [0.25, 0.3) is 0 Å². The van der Waals surface area contributed by atoms with Crippen LogP contribution < -0.4 is 5.84 Å². The first-order valence-corrected chi connectivity index (χ1v) is 10.9. The van der Waals surface area contributed by atoms with Crippen LogP contribution in [0.2, 0.25) is 0 Å². The predicted molar refractivity (Wildman–Crippen MR) is 129 cm³/mol. The summed E-state index contributed by atoms with van der Waals surface area (Å²) >= 11 is 1.43. The lowest BCUT2D eigenvalue weighted by Crippen LogP contribution is -2.33. The zero-order valence-corrected chi connectivity index (χ0v) is 19.2. The van der Waals surface area contributed by atoms with E-state index in [1.807, 2.05) is 36.5 Å². The van der Waals surface area contributed by atoms with Crippen molar-refractivity contribution in [2.24, 2.45) is 10.8 Å². The van der Waals surface area contributed by atoms with E-state index in [0.29, 0.717) is 18.7 Å². The second-order valence-electron chi connectivity index (χ2n) is 6.97. The van der Waals surface area contributed by atoms with Gasteiger partial charge in [-0.2, -0.15) is 13.2 Å². The van der Waals surface area contributed by atoms with Crippen LogP contribution in [0.15, 0.2) is 95.0 Å². The molecule has 2 rings (SSSR count). The molecule has 0 aliphatic heterocycles. The average Bonchev–Trinajstić information content (AvgIpc) is 3.07. The minimum absolute atomic E-state index is 0.172. The van der Waals surface area contributed by atoms with Gasteiger partial charge in [-0.25, -0.2) is 15.8 Å². The Morgan fingerprint density at radius 1 is 1.27 bits per heavy atom. The molecule has 1 aromatic rings. The summed E-state index contributed by atoms with van der Waals surface area (Å²) < 4.78 is 36.8. The van der Waals surface area contributed by atoms with E-state index in [4.69, 9.17) is 5.84 Å². The quantitative estimate of drug-likeness (QED) is 0.126. The van der Waals surface area contributed by atoms with E-state index in [1.54, 1.807) is 13.1 Å². The minimum Gasteiger partial charge on any atom is -0.305 e. The molecular weight excluding hydrogens is 447 g/mol. The topological polar surface area (TPSA) is 67.4 Å². The molecule has 1 aliphatic carbocycles. The van der Waals surface area contributed by atoms with Gasteiger partial charge >= 0.3 is 6.18 Å². The van der Waals surface area contributed by atoms with Gasteiger partial charge in [-0.15, -0.1) is 5.73 Å². The maximum absolute atomic E-state index is 12.3. The predicted octanol–water partition coefficient (Wildman–Crippen LogP) is 5.24. The van der Waals surface area contributed by atoms with Gasteiger partial charge in [0.2, 0.25) is 0 Å². The third kappa shape index (κ3) is 9.91. The molecule has 0 atom stereocenters. The molecule has 0 amide bonds. The first-order chi connectivity index (χ1) is 15.7. The Morgan fingerprint density at radius 3 is 2.67 bits per heavy atom. The molecule has 5 nitrogen and oxygen atoms in total. The number of alkyl halides is 3. The highest BCUT2D eigenvalue weighted by molar-refractivity contribution is 8.17. The fourth-order valence-electron chi connectivity index (χ4n) is 2.54. The first kappa shape index (κ1) is 26.1. The minimum atomic E-state index is -4.22. The van der Waals surface area contributed by atoms with Crippen LogP contribution in [0.5, 0.6) is 0 Å². The largest absolute Gasteiger partial charge is 0.389 e. The number of rotatable bonds is 10. The van der Waals surface area contributed by atoms with Gasteiger partial charge in [-0.3, -0.25) is 4.99 Å². The molecule has 0 saturated carbocycles. The van der Waals surface area contributed by atoms with Crippen molar-refractivity contribution in [1.82, 2.24) is 15.0 Å². The maximum atomic E-state index is 12.3. The number of thioether (sulfide) groups is 1. The summed E-state index contributed by atoms with van der Waals surface area (Å²) in [5, 5.41) is 2.25. The maximum Gasteiger partial charge on any atom is 0.389 e. The Balaban J connectivity index is 1.83. The van der Waals surface area contributed by atoms with Crippen LogP contribution >= 0.6 is 11.8 Å². The van der Waals surface area contributed by atoms with Crippen LogP contribution in [-0.4, -0.2) is 39.8 Å². The first-order valence-electron chi connectivity index (χ1n) is 10.0. The van der Waals surface area contributed by atoms with Gasteiger partial charge < -0.3 is 5.01 Å². The van der Waals surface area contributed by atoms with Crippen LogP contribution in [0.1, 0.15) is 17.8 Å². The number of halogens is 3. The molecule has 9 heteroatoms. The summed E-state index contributed by atoms with van der Waals surface area (Å²) in [5.41, 5.74) is 5.32. The van der Waals surface area contributed by atoms with E-state index in [0.717, 1.165) is 21.1 Å². The summed E-state index contributed by atoms with van der Waals surface area (Å²) in [4.78, 5) is 13.1. The van der Waals surface area contributed by atoms with Crippen LogP contribution in [0.25, 0.3) is 0 Å². The highest BCUT2D eigenvalue weighted by atomic mass is 32.2. The van der Waals surface area contributed by atoms with Crippen LogP contribution in [-0.2, 0) is 12.8 Å².